The zero-order valence-electron chi connectivity index (χ0n) is 10.4. The fourth-order valence-electron chi connectivity index (χ4n) is 2.17. The molecule has 106 valence electrons. The van der Waals surface area contributed by atoms with Gasteiger partial charge in [0.15, 0.2) is 0 Å². The van der Waals surface area contributed by atoms with Gasteiger partial charge in [-0.3, -0.25) is 0 Å². The van der Waals surface area contributed by atoms with Crippen molar-refractivity contribution in [3.05, 3.63) is 29.8 Å². The molecule has 0 aliphatic carbocycles. The predicted molar refractivity (Wildman–Crippen MR) is 68.3 cm³/mol. The van der Waals surface area contributed by atoms with Gasteiger partial charge in [-0.25, -0.2) is 0 Å². The highest BCUT2D eigenvalue weighted by atomic mass is 32.2. The molecule has 1 fully saturated rings. The van der Waals surface area contributed by atoms with E-state index in [4.69, 9.17) is 0 Å². The summed E-state index contributed by atoms with van der Waals surface area (Å²) in [7, 11) is 0. The van der Waals surface area contributed by atoms with E-state index in [2.05, 4.69) is 4.74 Å². The number of hydrogen-bond donors (Lipinski definition) is 1. The summed E-state index contributed by atoms with van der Waals surface area (Å²) in [5.41, 5.74) is 0.0447. The molecule has 2 atom stereocenters. The number of benzene rings is 1. The first kappa shape index (κ1) is 14.5. The summed E-state index contributed by atoms with van der Waals surface area (Å²) in [6, 6.07) is 5.68. The summed E-state index contributed by atoms with van der Waals surface area (Å²) in [6.07, 6.45) is -3.51. The first-order valence-electron chi connectivity index (χ1n) is 5.97. The maximum absolute atomic E-state index is 12.0. The fraction of sp³-hybridized carbons (Fsp3) is 0.538. The van der Waals surface area contributed by atoms with E-state index in [1.807, 2.05) is 6.92 Å². The van der Waals surface area contributed by atoms with Gasteiger partial charge >= 0.3 is 6.36 Å². The monoisotopic (exact) mass is 292 g/mol. The molecule has 0 saturated carbocycles. The second-order valence-electron chi connectivity index (χ2n) is 4.74. The number of ether oxygens (including phenoxy) is 1. The summed E-state index contributed by atoms with van der Waals surface area (Å²) in [5, 5.41) is 10.6. The molecule has 1 saturated heterocycles. The molecular formula is C13H15F3O2S. The van der Waals surface area contributed by atoms with Gasteiger partial charge in [0.1, 0.15) is 5.75 Å². The first-order chi connectivity index (χ1) is 8.78. The molecule has 2 nitrogen and oxygen atoms in total. The molecule has 1 N–H and O–H groups in total. The number of halogens is 3. The van der Waals surface area contributed by atoms with Crippen LogP contribution in [0.25, 0.3) is 0 Å². The summed E-state index contributed by atoms with van der Waals surface area (Å²) in [6.45, 7) is 1.97. The van der Waals surface area contributed by atoms with Gasteiger partial charge in [-0.05, 0) is 29.9 Å². The van der Waals surface area contributed by atoms with Crippen molar-refractivity contribution in [1.29, 1.82) is 0 Å². The summed E-state index contributed by atoms with van der Waals surface area (Å²) < 4.78 is 39.9. The van der Waals surface area contributed by atoms with Gasteiger partial charge < -0.3 is 9.84 Å². The van der Waals surface area contributed by atoms with Crippen LogP contribution in [0, 0.1) is 0 Å². The Bertz CT molecular complexity index is 433. The van der Waals surface area contributed by atoms with Gasteiger partial charge in [0, 0.05) is 11.7 Å². The molecule has 1 aromatic rings. The van der Waals surface area contributed by atoms with E-state index >= 15 is 0 Å². The van der Waals surface area contributed by atoms with Crippen LogP contribution in [0.2, 0.25) is 0 Å². The summed E-state index contributed by atoms with van der Waals surface area (Å²) in [4.78, 5) is 0. The van der Waals surface area contributed by atoms with E-state index in [0.717, 1.165) is 11.3 Å². The molecule has 0 bridgehead atoms. The lowest BCUT2D eigenvalue weighted by molar-refractivity contribution is -0.274. The largest absolute Gasteiger partial charge is 0.573 e. The van der Waals surface area contributed by atoms with Crippen LogP contribution in [-0.2, 0) is 6.42 Å². The zero-order chi connectivity index (χ0) is 14.1. The van der Waals surface area contributed by atoms with Gasteiger partial charge in [0.05, 0.1) is 5.60 Å². The summed E-state index contributed by atoms with van der Waals surface area (Å²) in [5.74, 6) is 0.671. The number of aliphatic hydroxyl groups is 1. The average Bonchev–Trinajstić information content (AvgIpc) is 2.60. The molecule has 2 unspecified atom stereocenters. The maximum atomic E-state index is 12.0. The van der Waals surface area contributed by atoms with Gasteiger partial charge in [-0.15, -0.1) is 13.2 Å². The number of rotatable bonds is 3. The predicted octanol–water partition coefficient (Wildman–Crippen LogP) is 3.38. The Labute approximate surface area is 114 Å². The van der Waals surface area contributed by atoms with Crippen LogP contribution in [0.15, 0.2) is 24.3 Å². The van der Waals surface area contributed by atoms with Crippen LogP contribution >= 0.6 is 11.8 Å². The summed E-state index contributed by atoms with van der Waals surface area (Å²) >= 11 is 1.71. The van der Waals surface area contributed by atoms with Crippen molar-refractivity contribution in [1.82, 2.24) is 0 Å². The Morgan fingerprint density at radius 1 is 1.37 bits per heavy atom. The Balaban J connectivity index is 2.03. The minimum Gasteiger partial charge on any atom is -0.406 e. The van der Waals surface area contributed by atoms with Crippen LogP contribution in [0.1, 0.15) is 18.9 Å². The quantitative estimate of drug-likeness (QED) is 0.926. The fourth-order valence-corrected chi connectivity index (χ4v) is 3.50. The van der Waals surface area contributed by atoms with E-state index in [0.29, 0.717) is 12.8 Å². The molecular weight excluding hydrogens is 277 g/mol. The molecule has 0 spiro atoms. The van der Waals surface area contributed by atoms with Crippen molar-refractivity contribution in [2.75, 3.05) is 5.75 Å². The van der Waals surface area contributed by atoms with Gasteiger partial charge in [0.2, 0.25) is 0 Å². The van der Waals surface area contributed by atoms with Crippen molar-refractivity contribution in [2.24, 2.45) is 0 Å². The molecule has 0 aromatic heterocycles. The van der Waals surface area contributed by atoms with Crippen LogP contribution in [-0.4, -0.2) is 28.1 Å². The van der Waals surface area contributed by atoms with Crippen LogP contribution in [0.4, 0.5) is 13.2 Å². The lowest BCUT2D eigenvalue weighted by Gasteiger charge is -2.26. The zero-order valence-corrected chi connectivity index (χ0v) is 11.2. The number of alkyl halides is 3. The van der Waals surface area contributed by atoms with Crippen molar-refractivity contribution in [3.63, 3.8) is 0 Å². The topological polar surface area (TPSA) is 29.5 Å². The molecule has 2 rings (SSSR count). The molecule has 19 heavy (non-hydrogen) atoms. The minimum absolute atomic E-state index is 0.138. The standard InChI is InChI=1S/C13H15F3O2S/c1-9-12(17,6-7-19-9)8-10-2-4-11(5-3-10)18-13(14,15)16/h2-5,9,17H,6-8H2,1H3. The van der Waals surface area contributed by atoms with E-state index in [1.54, 1.807) is 23.9 Å². The van der Waals surface area contributed by atoms with E-state index in [1.165, 1.54) is 12.1 Å². The smallest absolute Gasteiger partial charge is 0.406 e. The molecule has 1 aliphatic heterocycles. The average molecular weight is 292 g/mol. The number of thioether (sulfide) groups is 1. The highest BCUT2D eigenvalue weighted by Crippen LogP contribution is 2.38. The maximum Gasteiger partial charge on any atom is 0.573 e. The second kappa shape index (κ2) is 5.25. The molecule has 0 amide bonds. The minimum atomic E-state index is -4.67. The SMILES string of the molecule is CC1SCCC1(O)Cc1ccc(OC(F)(F)F)cc1. The van der Waals surface area contributed by atoms with Gasteiger partial charge in [-0.1, -0.05) is 19.1 Å². The Morgan fingerprint density at radius 2 is 2.00 bits per heavy atom. The highest BCUT2D eigenvalue weighted by Gasteiger charge is 2.38. The lowest BCUT2D eigenvalue weighted by Crippen LogP contribution is -2.36. The van der Waals surface area contributed by atoms with Crippen molar-refractivity contribution >= 4 is 11.8 Å². The van der Waals surface area contributed by atoms with Crippen molar-refractivity contribution in [3.8, 4) is 5.75 Å². The third-order valence-corrected chi connectivity index (χ3v) is 4.71. The molecule has 1 aromatic carbocycles. The van der Waals surface area contributed by atoms with Crippen molar-refractivity contribution in [2.45, 2.75) is 37.0 Å². The van der Waals surface area contributed by atoms with Crippen LogP contribution in [0.3, 0.4) is 0 Å². The lowest BCUT2D eigenvalue weighted by atomic mass is 9.89. The van der Waals surface area contributed by atoms with Crippen molar-refractivity contribution < 1.29 is 23.0 Å². The van der Waals surface area contributed by atoms with Crippen LogP contribution in [0.5, 0.6) is 5.75 Å². The second-order valence-corrected chi connectivity index (χ2v) is 6.18. The Morgan fingerprint density at radius 3 is 2.47 bits per heavy atom. The van der Waals surface area contributed by atoms with E-state index in [9.17, 15) is 18.3 Å². The Kier molecular flexibility index (Phi) is 4.01. The molecule has 1 aliphatic rings. The number of hydrogen-bond acceptors (Lipinski definition) is 3. The van der Waals surface area contributed by atoms with E-state index in [-0.39, 0.29) is 11.0 Å². The Hall–Kier alpha value is -0.880. The normalized spacial score (nSPS) is 27.5. The van der Waals surface area contributed by atoms with Crippen LogP contribution < -0.4 is 4.74 Å². The molecule has 0 radical (unpaired) electrons. The van der Waals surface area contributed by atoms with Gasteiger partial charge in [0.25, 0.3) is 0 Å². The third-order valence-electron chi connectivity index (χ3n) is 3.33. The molecule has 6 heteroatoms. The first-order valence-corrected chi connectivity index (χ1v) is 7.02. The molecule has 1 heterocycles. The van der Waals surface area contributed by atoms with Gasteiger partial charge in [-0.2, -0.15) is 11.8 Å². The van der Waals surface area contributed by atoms with E-state index < -0.39 is 12.0 Å². The third kappa shape index (κ3) is 3.79. The highest BCUT2D eigenvalue weighted by molar-refractivity contribution is 8.00.